The fourth-order valence-electron chi connectivity index (χ4n) is 2.80. The third-order valence-electron chi connectivity index (χ3n) is 3.80. The summed E-state index contributed by atoms with van der Waals surface area (Å²) in [5.41, 5.74) is 8.61. The number of hydrogen-bond acceptors (Lipinski definition) is 5. The van der Waals surface area contributed by atoms with E-state index in [-0.39, 0.29) is 12.0 Å². The van der Waals surface area contributed by atoms with Crippen LogP contribution in [0.25, 0.3) is 0 Å². The van der Waals surface area contributed by atoms with Crippen LogP contribution in [-0.4, -0.2) is 23.9 Å². The third kappa shape index (κ3) is 2.46. The van der Waals surface area contributed by atoms with Gasteiger partial charge < -0.3 is 15.0 Å². The van der Waals surface area contributed by atoms with Gasteiger partial charge in [0.1, 0.15) is 0 Å². The van der Waals surface area contributed by atoms with Gasteiger partial charge in [0.15, 0.2) is 5.82 Å². The van der Waals surface area contributed by atoms with Crippen LogP contribution >= 0.6 is 0 Å². The molecule has 2 unspecified atom stereocenters. The summed E-state index contributed by atoms with van der Waals surface area (Å²) in [4.78, 5) is 4.47. The minimum Gasteiger partial charge on any atom is -0.383 e. The summed E-state index contributed by atoms with van der Waals surface area (Å²) < 4.78 is 10.5. The summed E-state index contributed by atoms with van der Waals surface area (Å²) in [6, 6.07) is 8.13. The van der Waals surface area contributed by atoms with Crippen LogP contribution in [-0.2, 0) is 11.2 Å². The Morgan fingerprint density at radius 1 is 1.45 bits per heavy atom. The number of ether oxygens (including phenoxy) is 1. The van der Waals surface area contributed by atoms with Gasteiger partial charge in [-0.2, -0.15) is 4.98 Å². The van der Waals surface area contributed by atoms with Crippen molar-refractivity contribution in [1.29, 1.82) is 0 Å². The van der Waals surface area contributed by atoms with Crippen LogP contribution in [0.4, 0.5) is 0 Å². The molecule has 1 aromatic carbocycles. The van der Waals surface area contributed by atoms with Crippen LogP contribution in [0.2, 0.25) is 0 Å². The van der Waals surface area contributed by atoms with Crippen molar-refractivity contribution in [3.8, 4) is 0 Å². The van der Waals surface area contributed by atoms with Gasteiger partial charge in [0.2, 0.25) is 5.89 Å². The van der Waals surface area contributed by atoms with Crippen molar-refractivity contribution in [3.63, 3.8) is 0 Å². The van der Waals surface area contributed by atoms with E-state index in [1.165, 1.54) is 11.1 Å². The van der Waals surface area contributed by atoms with Gasteiger partial charge in [-0.25, -0.2) is 0 Å². The Morgan fingerprint density at radius 2 is 2.30 bits per heavy atom. The van der Waals surface area contributed by atoms with E-state index in [4.69, 9.17) is 15.0 Å². The van der Waals surface area contributed by atoms with Crippen molar-refractivity contribution in [2.24, 2.45) is 5.73 Å². The molecule has 3 rings (SSSR count). The van der Waals surface area contributed by atoms with Crippen LogP contribution < -0.4 is 5.73 Å². The highest BCUT2D eigenvalue weighted by atomic mass is 16.5. The Kier molecular flexibility index (Phi) is 3.80. The molecule has 1 aliphatic carbocycles. The van der Waals surface area contributed by atoms with Crippen molar-refractivity contribution in [3.05, 3.63) is 47.1 Å². The van der Waals surface area contributed by atoms with E-state index in [0.29, 0.717) is 18.3 Å². The molecule has 0 fully saturated rings. The first-order valence-corrected chi connectivity index (χ1v) is 6.95. The largest absolute Gasteiger partial charge is 0.383 e. The Hall–Kier alpha value is -1.72. The predicted octanol–water partition coefficient (Wildman–Crippen LogP) is 2.18. The number of fused-ring (bicyclic) bond motifs is 1. The van der Waals surface area contributed by atoms with Crippen LogP contribution in [0.3, 0.4) is 0 Å². The smallest absolute Gasteiger partial charge is 0.234 e. The van der Waals surface area contributed by atoms with Gasteiger partial charge in [-0.3, -0.25) is 0 Å². The Bertz CT molecular complexity index is 582. The van der Waals surface area contributed by atoms with Gasteiger partial charge in [-0.15, -0.1) is 0 Å². The summed E-state index contributed by atoms with van der Waals surface area (Å²) in [5, 5.41) is 3.99. The maximum Gasteiger partial charge on any atom is 0.234 e. The molecule has 0 saturated heterocycles. The van der Waals surface area contributed by atoms with E-state index in [0.717, 1.165) is 19.3 Å². The van der Waals surface area contributed by atoms with E-state index in [1.807, 2.05) is 0 Å². The van der Waals surface area contributed by atoms with Crippen LogP contribution in [0.15, 0.2) is 28.8 Å². The molecular weight excluding hydrogens is 254 g/mol. The fraction of sp³-hybridized carbons (Fsp3) is 0.467. The van der Waals surface area contributed by atoms with Gasteiger partial charge in [-0.05, 0) is 30.4 Å². The predicted molar refractivity (Wildman–Crippen MR) is 74.3 cm³/mol. The molecule has 0 bridgehead atoms. The van der Waals surface area contributed by atoms with E-state index >= 15 is 0 Å². The lowest BCUT2D eigenvalue weighted by atomic mass is 9.83. The average molecular weight is 273 g/mol. The molecule has 1 aromatic heterocycles. The SMILES string of the molecule is COCC(N)c1noc(C2CCCc3ccccc32)n1. The molecule has 2 aromatic rings. The summed E-state index contributed by atoms with van der Waals surface area (Å²) >= 11 is 0. The quantitative estimate of drug-likeness (QED) is 0.924. The molecule has 20 heavy (non-hydrogen) atoms. The zero-order valence-corrected chi connectivity index (χ0v) is 11.6. The highest BCUT2D eigenvalue weighted by molar-refractivity contribution is 5.35. The first-order chi connectivity index (χ1) is 9.79. The number of nitrogens with zero attached hydrogens (tertiary/aromatic N) is 2. The Morgan fingerprint density at radius 3 is 3.15 bits per heavy atom. The molecule has 0 amide bonds. The fourth-order valence-corrected chi connectivity index (χ4v) is 2.80. The Labute approximate surface area is 118 Å². The Balaban J connectivity index is 1.87. The molecule has 1 aliphatic rings. The van der Waals surface area contributed by atoms with Crippen molar-refractivity contribution < 1.29 is 9.26 Å². The zero-order chi connectivity index (χ0) is 13.9. The summed E-state index contributed by atoms with van der Waals surface area (Å²) in [5.74, 6) is 1.37. The molecule has 5 nitrogen and oxygen atoms in total. The number of benzene rings is 1. The second-order valence-electron chi connectivity index (χ2n) is 5.20. The number of aromatic nitrogens is 2. The van der Waals surface area contributed by atoms with Crippen molar-refractivity contribution >= 4 is 0 Å². The van der Waals surface area contributed by atoms with Crippen LogP contribution in [0.1, 0.15) is 47.6 Å². The normalized spacial score (nSPS) is 19.6. The molecule has 0 spiro atoms. The topological polar surface area (TPSA) is 74.2 Å². The highest BCUT2D eigenvalue weighted by Gasteiger charge is 2.27. The lowest BCUT2D eigenvalue weighted by Crippen LogP contribution is -2.18. The van der Waals surface area contributed by atoms with E-state index in [2.05, 4.69) is 34.4 Å². The maximum atomic E-state index is 5.93. The van der Waals surface area contributed by atoms with Gasteiger partial charge in [0.05, 0.1) is 18.6 Å². The van der Waals surface area contributed by atoms with Gasteiger partial charge in [-0.1, -0.05) is 29.4 Å². The van der Waals surface area contributed by atoms with Crippen molar-refractivity contribution in [2.75, 3.05) is 13.7 Å². The molecule has 2 N–H and O–H groups in total. The van der Waals surface area contributed by atoms with Crippen LogP contribution in [0, 0.1) is 0 Å². The number of rotatable bonds is 4. The van der Waals surface area contributed by atoms with Gasteiger partial charge in [0, 0.05) is 7.11 Å². The molecule has 0 aliphatic heterocycles. The lowest BCUT2D eigenvalue weighted by Gasteiger charge is -2.22. The zero-order valence-electron chi connectivity index (χ0n) is 11.6. The molecule has 5 heteroatoms. The van der Waals surface area contributed by atoms with E-state index in [9.17, 15) is 0 Å². The second kappa shape index (κ2) is 5.73. The number of nitrogens with two attached hydrogens (primary N) is 1. The third-order valence-corrected chi connectivity index (χ3v) is 3.80. The molecular formula is C15H19N3O2. The van der Waals surface area contributed by atoms with Crippen molar-refractivity contribution in [2.45, 2.75) is 31.2 Å². The average Bonchev–Trinajstić information content (AvgIpc) is 2.97. The number of aryl methyl sites for hydroxylation is 1. The summed E-state index contributed by atoms with van der Waals surface area (Å²) in [7, 11) is 1.61. The van der Waals surface area contributed by atoms with E-state index in [1.54, 1.807) is 7.11 Å². The summed E-state index contributed by atoms with van der Waals surface area (Å²) in [6.07, 6.45) is 3.30. The van der Waals surface area contributed by atoms with Crippen molar-refractivity contribution in [1.82, 2.24) is 10.1 Å². The molecule has 106 valence electrons. The minimum atomic E-state index is -0.337. The van der Waals surface area contributed by atoms with Crippen LogP contribution in [0.5, 0.6) is 0 Å². The molecule has 0 saturated carbocycles. The van der Waals surface area contributed by atoms with Gasteiger partial charge >= 0.3 is 0 Å². The first kappa shape index (κ1) is 13.3. The lowest BCUT2D eigenvalue weighted by molar-refractivity contribution is 0.177. The monoisotopic (exact) mass is 273 g/mol. The maximum absolute atomic E-state index is 5.93. The number of hydrogen-bond donors (Lipinski definition) is 1. The minimum absolute atomic E-state index is 0.191. The van der Waals surface area contributed by atoms with E-state index < -0.39 is 0 Å². The molecule has 0 radical (unpaired) electrons. The number of methoxy groups -OCH3 is 1. The standard InChI is InChI=1S/C15H19N3O2/c1-19-9-13(16)14-17-15(20-18-14)12-8-4-6-10-5-2-3-7-11(10)12/h2-3,5,7,12-13H,4,6,8-9,16H2,1H3. The second-order valence-corrected chi connectivity index (χ2v) is 5.20. The van der Waals surface area contributed by atoms with Gasteiger partial charge in [0.25, 0.3) is 0 Å². The molecule has 1 heterocycles. The summed E-state index contributed by atoms with van der Waals surface area (Å²) in [6.45, 7) is 0.389. The first-order valence-electron chi connectivity index (χ1n) is 6.95. The highest BCUT2D eigenvalue weighted by Crippen LogP contribution is 2.35. The molecule has 2 atom stereocenters.